The van der Waals surface area contributed by atoms with Crippen LogP contribution in [-0.2, 0) is 0 Å². The van der Waals surface area contributed by atoms with Gasteiger partial charge < -0.3 is 5.32 Å². The van der Waals surface area contributed by atoms with Crippen molar-refractivity contribution in [2.75, 3.05) is 0 Å². The monoisotopic (exact) mass is 209 g/mol. The normalized spacial score (nSPS) is 20.8. The van der Waals surface area contributed by atoms with Crippen LogP contribution in [0.15, 0.2) is 34.7 Å². The molecule has 0 unspecified atom stereocenters. The van der Waals surface area contributed by atoms with Crippen LogP contribution in [0.3, 0.4) is 0 Å². The van der Waals surface area contributed by atoms with Crippen molar-refractivity contribution in [2.45, 2.75) is 13.1 Å². The SMILES string of the molecule is C/C=C1\NC=C(C(F)(F)F)C=C1Cl. The van der Waals surface area contributed by atoms with E-state index in [0.29, 0.717) is 5.70 Å². The van der Waals surface area contributed by atoms with Crippen LogP contribution in [0.1, 0.15) is 6.92 Å². The van der Waals surface area contributed by atoms with Crippen molar-refractivity contribution in [2.24, 2.45) is 0 Å². The molecule has 0 saturated heterocycles. The Labute approximate surface area is 78.6 Å². The Morgan fingerprint density at radius 2 is 2.08 bits per heavy atom. The number of rotatable bonds is 0. The Bertz CT molecular complexity index is 299. The molecule has 0 spiro atoms. The maximum atomic E-state index is 12.1. The molecular formula is C8H7ClF3N. The van der Waals surface area contributed by atoms with Crippen LogP contribution in [0.5, 0.6) is 0 Å². The predicted octanol–water partition coefficient (Wildman–Crippen LogP) is 3.06. The maximum Gasteiger partial charge on any atom is 0.417 e. The second-order valence-corrected chi connectivity index (χ2v) is 2.84. The minimum absolute atomic E-state index is 0.0670. The van der Waals surface area contributed by atoms with Crippen LogP contribution in [0, 0.1) is 0 Å². The molecule has 0 aromatic carbocycles. The van der Waals surface area contributed by atoms with E-state index in [9.17, 15) is 13.2 Å². The minimum Gasteiger partial charge on any atom is -0.360 e. The molecule has 0 amide bonds. The summed E-state index contributed by atoms with van der Waals surface area (Å²) in [5, 5.41) is 2.52. The summed E-state index contributed by atoms with van der Waals surface area (Å²) in [6, 6.07) is 0. The average molecular weight is 210 g/mol. The highest BCUT2D eigenvalue weighted by Crippen LogP contribution is 2.31. The zero-order valence-electron chi connectivity index (χ0n) is 6.74. The van der Waals surface area contributed by atoms with E-state index < -0.39 is 11.7 Å². The average Bonchev–Trinajstić information content (AvgIpc) is 2.02. The fourth-order valence-corrected chi connectivity index (χ4v) is 1.15. The number of halogens is 4. The van der Waals surface area contributed by atoms with E-state index >= 15 is 0 Å². The molecule has 0 saturated carbocycles. The van der Waals surface area contributed by atoms with Gasteiger partial charge in [-0.1, -0.05) is 17.7 Å². The second kappa shape index (κ2) is 3.46. The van der Waals surface area contributed by atoms with Crippen LogP contribution in [0.25, 0.3) is 0 Å². The molecule has 5 heteroatoms. The summed E-state index contributed by atoms with van der Waals surface area (Å²) in [7, 11) is 0. The molecule has 1 heterocycles. The summed E-state index contributed by atoms with van der Waals surface area (Å²) >= 11 is 5.57. The number of nitrogens with one attached hydrogen (secondary N) is 1. The summed E-state index contributed by atoms with van der Waals surface area (Å²) in [5.74, 6) is 0. The Kier molecular flexibility index (Phi) is 2.71. The van der Waals surface area contributed by atoms with Gasteiger partial charge in [0.2, 0.25) is 0 Å². The van der Waals surface area contributed by atoms with Gasteiger partial charge in [-0.2, -0.15) is 13.2 Å². The highest BCUT2D eigenvalue weighted by Gasteiger charge is 2.33. The van der Waals surface area contributed by atoms with E-state index in [1.54, 1.807) is 13.0 Å². The second-order valence-electron chi connectivity index (χ2n) is 2.44. The molecule has 1 aliphatic heterocycles. The van der Waals surface area contributed by atoms with Crippen molar-refractivity contribution in [3.05, 3.63) is 34.7 Å². The molecule has 0 bridgehead atoms. The largest absolute Gasteiger partial charge is 0.417 e. The molecule has 1 N–H and O–H groups in total. The number of allylic oxidation sites excluding steroid dienone is 4. The van der Waals surface area contributed by atoms with Gasteiger partial charge in [-0.3, -0.25) is 0 Å². The lowest BCUT2D eigenvalue weighted by Crippen LogP contribution is -2.19. The van der Waals surface area contributed by atoms with Gasteiger partial charge in [0.25, 0.3) is 0 Å². The van der Waals surface area contributed by atoms with Crippen LogP contribution < -0.4 is 5.32 Å². The topological polar surface area (TPSA) is 12.0 Å². The standard InChI is InChI=1S/C8H7ClF3N/c1-2-7-6(9)3-5(4-13-7)8(10,11)12/h2-4,13H,1H3/b7-2-. The zero-order chi connectivity index (χ0) is 10.1. The maximum absolute atomic E-state index is 12.1. The lowest BCUT2D eigenvalue weighted by atomic mass is 10.2. The third kappa shape index (κ3) is 2.28. The number of dihydropyridines is 1. The van der Waals surface area contributed by atoms with Gasteiger partial charge in [-0.05, 0) is 13.0 Å². The van der Waals surface area contributed by atoms with Gasteiger partial charge in [-0.25, -0.2) is 0 Å². The molecule has 0 atom stereocenters. The van der Waals surface area contributed by atoms with E-state index in [0.717, 1.165) is 12.3 Å². The molecule has 1 nitrogen and oxygen atoms in total. The van der Waals surface area contributed by atoms with E-state index in [1.165, 1.54) is 0 Å². The summed E-state index contributed by atoms with van der Waals surface area (Å²) in [5.41, 5.74) is -0.294. The van der Waals surface area contributed by atoms with E-state index in [2.05, 4.69) is 5.32 Å². The van der Waals surface area contributed by atoms with Gasteiger partial charge in [0.15, 0.2) is 0 Å². The molecule has 0 radical (unpaired) electrons. The van der Waals surface area contributed by atoms with Gasteiger partial charge >= 0.3 is 6.18 Å². The fourth-order valence-electron chi connectivity index (χ4n) is 0.865. The van der Waals surface area contributed by atoms with E-state index in [1.807, 2.05) is 0 Å². The van der Waals surface area contributed by atoms with Crippen molar-refractivity contribution in [3.63, 3.8) is 0 Å². The molecule has 0 aromatic heterocycles. The van der Waals surface area contributed by atoms with Crippen molar-refractivity contribution in [1.82, 2.24) is 5.32 Å². The summed E-state index contributed by atoms with van der Waals surface area (Å²) in [6.45, 7) is 1.69. The van der Waals surface area contributed by atoms with Gasteiger partial charge in [0, 0.05) is 6.20 Å². The van der Waals surface area contributed by atoms with Crippen molar-refractivity contribution in [1.29, 1.82) is 0 Å². The summed E-state index contributed by atoms with van der Waals surface area (Å²) < 4.78 is 36.3. The first kappa shape index (κ1) is 10.2. The third-order valence-corrected chi connectivity index (χ3v) is 1.85. The first-order valence-electron chi connectivity index (χ1n) is 3.53. The highest BCUT2D eigenvalue weighted by atomic mass is 35.5. The van der Waals surface area contributed by atoms with Crippen LogP contribution in [0.4, 0.5) is 13.2 Å². The van der Waals surface area contributed by atoms with E-state index in [4.69, 9.17) is 11.6 Å². The Morgan fingerprint density at radius 1 is 1.46 bits per heavy atom. The third-order valence-electron chi connectivity index (χ3n) is 1.54. The van der Waals surface area contributed by atoms with Crippen LogP contribution >= 0.6 is 11.6 Å². The molecular weight excluding hydrogens is 203 g/mol. The van der Waals surface area contributed by atoms with Crippen molar-refractivity contribution < 1.29 is 13.2 Å². The molecule has 1 aliphatic rings. The summed E-state index contributed by atoms with van der Waals surface area (Å²) in [6.07, 6.45) is -0.969. The summed E-state index contributed by atoms with van der Waals surface area (Å²) in [4.78, 5) is 0. The molecule has 1 rings (SSSR count). The van der Waals surface area contributed by atoms with E-state index in [-0.39, 0.29) is 5.03 Å². The predicted molar refractivity (Wildman–Crippen MR) is 45.0 cm³/mol. The first-order chi connectivity index (χ1) is 5.95. The Morgan fingerprint density at radius 3 is 2.46 bits per heavy atom. The van der Waals surface area contributed by atoms with Gasteiger partial charge in [0.05, 0.1) is 16.3 Å². The molecule has 13 heavy (non-hydrogen) atoms. The molecule has 0 aliphatic carbocycles. The van der Waals surface area contributed by atoms with Crippen LogP contribution in [0.2, 0.25) is 0 Å². The first-order valence-corrected chi connectivity index (χ1v) is 3.90. The van der Waals surface area contributed by atoms with Gasteiger partial charge in [-0.15, -0.1) is 0 Å². The quantitative estimate of drug-likeness (QED) is 0.647. The number of alkyl halides is 3. The zero-order valence-corrected chi connectivity index (χ0v) is 7.50. The highest BCUT2D eigenvalue weighted by molar-refractivity contribution is 6.32. The van der Waals surface area contributed by atoms with Crippen LogP contribution in [-0.4, -0.2) is 6.18 Å². The Hall–Kier alpha value is -0.900. The fraction of sp³-hybridized carbons (Fsp3) is 0.250. The Balaban J connectivity index is 2.94. The number of hydrogen-bond donors (Lipinski definition) is 1. The lowest BCUT2D eigenvalue weighted by molar-refractivity contribution is -0.0886. The minimum atomic E-state index is -4.35. The number of hydrogen-bond acceptors (Lipinski definition) is 1. The molecule has 72 valence electrons. The molecule has 0 aromatic rings. The lowest BCUT2D eigenvalue weighted by Gasteiger charge is -2.16. The van der Waals surface area contributed by atoms with Gasteiger partial charge in [0.1, 0.15) is 0 Å². The smallest absolute Gasteiger partial charge is 0.360 e. The van der Waals surface area contributed by atoms with Crippen molar-refractivity contribution >= 4 is 11.6 Å². The molecule has 0 fully saturated rings. The van der Waals surface area contributed by atoms with Crippen molar-refractivity contribution in [3.8, 4) is 0 Å².